The van der Waals surface area contributed by atoms with E-state index < -0.39 is 23.6 Å². The monoisotopic (exact) mass is 566 g/mol. The average Bonchev–Trinajstić information content (AvgIpc) is 2.79. The maximum atomic E-state index is 12.8. The van der Waals surface area contributed by atoms with E-state index in [0.29, 0.717) is 0 Å². The molecule has 0 aromatic heterocycles. The number of hydrogen-bond acceptors (Lipinski definition) is 2. The first-order valence-corrected chi connectivity index (χ1v) is 14.9. The number of unbranched alkanes of at least 4 members (excludes halogenated alkanes) is 2. The van der Waals surface area contributed by atoms with Gasteiger partial charge in [-0.2, -0.15) is 0 Å². The van der Waals surface area contributed by atoms with E-state index in [-0.39, 0.29) is 32.3 Å². The molecule has 2 N–H and O–H groups in total. The van der Waals surface area contributed by atoms with Crippen molar-refractivity contribution in [1.29, 1.82) is 0 Å². The molecule has 0 saturated carbocycles. The Kier molecular flexibility index (Phi) is 18.6. The maximum absolute atomic E-state index is 12.8. The fourth-order valence-corrected chi connectivity index (χ4v) is 6.43. The topological polar surface area (TPSA) is 74.6 Å². The van der Waals surface area contributed by atoms with Crippen molar-refractivity contribution in [2.45, 2.75) is 48.4 Å². The van der Waals surface area contributed by atoms with Crippen molar-refractivity contribution in [3.63, 3.8) is 0 Å². The second-order valence-corrected chi connectivity index (χ2v) is 11.1. The molecule has 2 aromatic rings. The van der Waals surface area contributed by atoms with Gasteiger partial charge >= 0.3 is 81.5 Å². The SMILES string of the molecule is CCC[CH2][Sn][CH2]CCC.O=C(O)/C=C/c1ccccc1F.O=C(O)/C=C/c1ccccc1F. The second kappa shape index (κ2) is 20.1. The molecule has 0 amide bonds. The Morgan fingerprint density at radius 3 is 1.42 bits per heavy atom. The molecule has 2 rings (SSSR count). The summed E-state index contributed by atoms with van der Waals surface area (Å²) in [6.45, 7) is 4.58. The Balaban J connectivity index is 0.000000472. The van der Waals surface area contributed by atoms with Gasteiger partial charge in [-0.1, -0.05) is 36.4 Å². The standard InChI is InChI=1S/2C9H7FO2.2C4H9.Sn/c2*10-8-4-2-1-3-7(8)5-6-9(11)12;2*1-3-4-2;/h2*1-6H,(H,11,12);2*1,3-4H2,2H3;/b2*6-5+;;;. The summed E-state index contributed by atoms with van der Waals surface area (Å²) in [5.41, 5.74) is 0.555. The number of carboxylic acids is 2. The molecule has 2 aromatic carbocycles. The first-order chi connectivity index (χ1) is 15.8. The summed E-state index contributed by atoms with van der Waals surface area (Å²) in [4.78, 5) is 20.1. The average molecular weight is 565 g/mol. The van der Waals surface area contributed by atoms with E-state index in [9.17, 15) is 18.4 Å². The van der Waals surface area contributed by atoms with E-state index in [0.717, 1.165) is 12.2 Å². The van der Waals surface area contributed by atoms with Gasteiger partial charge in [-0.25, -0.2) is 18.4 Å². The maximum Gasteiger partial charge on any atom is 0.328 e. The van der Waals surface area contributed by atoms with Crippen molar-refractivity contribution >= 4 is 45.2 Å². The second-order valence-electron chi connectivity index (χ2n) is 6.84. The molecule has 4 nitrogen and oxygen atoms in total. The molecular weight excluding hydrogens is 533 g/mol. The van der Waals surface area contributed by atoms with E-state index in [1.54, 1.807) is 33.1 Å². The van der Waals surface area contributed by atoms with E-state index in [1.165, 1.54) is 62.1 Å². The van der Waals surface area contributed by atoms with Crippen molar-refractivity contribution in [3.05, 3.63) is 83.4 Å². The van der Waals surface area contributed by atoms with Crippen molar-refractivity contribution in [1.82, 2.24) is 0 Å². The predicted molar refractivity (Wildman–Crippen MR) is 131 cm³/mol. The fraction of sp³-hybridized carbons (Fsp3) is 0.308. The molecule has 7 heteroatoms. The van der Waals surface area contributed by atoms with Crippen LogP contribution in [0.1, 0.15) is 50.7 Å². The third kappa shape index (κ3) is 17.7. The Labute approximate surface area is 205 Å². The summed E-state index contributed by atoms with van der Waals surface area (Å²) in [7, 11) is 0. The molecule has 0 unspecified atom stereocenters. The zero-order valence-corrected chi connectivity index (χ0v) is 22.0. The smallest absolute Gasteiger partial charge is 0.328 e. The largest absolute Gasteiger partial charge is 0.478 e. The number of rotatable bonds is 10. The molecule has 0 heterocycles. The zero-order chi connectivity index (χ0) is 24.9. The molecule has 0 spiro atoms. The Hall–Kier alpha value is -2.48. The minimum Gasteiger partial charge on any atom is -0.478 e. The van der Waals surface area contributed by atoms with Gasteiger partial charge in [0.1, 0.15) is 11.6 Å². The van der Waals surface area contributed by atoms with Crippen LogP contribution in [-0.2, 0) is 9.59 Å². The summed E-state index contributed by atoms with van der Waals surface area (Å²) in [6.07, 6.45) is 10.1. The molecule has 0 saturated heterocycles. The van der Waals surface area contributed by atoms with Gasteiger partial charge in [-0.05, 0) is 24.3 Å². The number of aliphatic carboxylic acids is 2. The van der Waals surface area contributed by atoms with Crippen LogP contribution < -0.4 is 0 Å². The molecule has 0 fully saturated rings. The molecule has 2 radical (unpaired) electrons. The van der Waals surface area contributed by atoms with Crippen LogP contribution in [0.25, 0.3) is 12.2 Å². The van der Waals surface area contributed by atoms with Gasteiger partial charge in [-0.3, -0.25) is 0 Å². The van der Waals surface area contributed by atoms with Crippen molar-refractivity contribution in [2.75, 3.05) is 0 Å². The van der Waals surface area contributed by atoms with E-state index >= 15 is 0 Å². The van der Waals surface area contributed by atoms with Gasteiger partial charge < -0.3 is 10.2 Å². The first-order valence-electron chi connectivity index (χ1n) is 10.8. The summed E-state index contributed by atoms with van der Waals surface area (Å²) in [5.74, 6) is -3.01. The van der Waals surface area contributed by atoms with Gasteiger partial charge in [0, 0.05) is 23.3 Å². The first kappa shape index (κ1) is 30.5. The van der Waals surface area contributed by atoms with E-state index in [4.69, 9.17) is 10.2 Å². The van der Waals surface area contributed by atoms with Crippen molar-refractivity contribution < 1.29 is 28.6 Å². The summed E-state index contributed by atoms with van der Waals surface area (Å²) >= 11 is 0.149. The van der Waals surface area contributed by atoms with Crippen LogP contribution in [-0.4, -0.2) is 43.3 Å². The van der Waals surface area contributed by atoms with Crippen LogP contribution in [0.2, 0.25) is 8.87 Å². The van der Waals surface area contributed by atoms with E-state index in [1.807, 2.05) is 0 Å². The number of halogens is 2. The van der Waals surface area contributed by atoms with Gasteiger partial charge in [0.15, 0.2) is 0 Å². The Bertz CT molecular complexity index is 811. The Morgan fingerprint density at radius 2 is 1.12 bits per heavy atom. The van der Waals surface area contributed by atoms with Crippen LogP contribution in [0, 0.1) is 11.6 Å². The number of hydrogen-bond donors (Lipinski definition) is 2. The molecule has 0 aliphatic heterocycles. The minimum absolute atomic E-state index is 0.149. The van der Waals surface area contributed by atoms with Crippen LogP contribution in [0.15, 0.2) is 60.7 Å². The molecule has 33 heavy (non-hydrogen) atoms. The van der Waals surface area contributed by atoms with Crippen LogP contribution in [0.4, 0.5) is 8.78 Å². The molecule has 0 bridgehead atoms. The molecule has 0 aliphatic carbocycles. The number of carboxylic acid groups (broad SMARTS) is 2. The van der Waals surface area contributed by atoms with E-state index in [2.05, 4.69) is 13.8 Å². The zero-order valence-electron chi connectivity index (χ0n) is 19.1. The number of benzene rings is 2. The van der Waals surface area contributed by atoms with Gasteiger partial charge in [-0.15, -0.1) is 0 Å². The summed E-state index contributed by atoms with van der Waals surface area (Å²) in [5, 5.41) is 16.5. The fourth-order valence-electron chi connectivity index (χ4n) is 2.27. The van der Waals surface area contributed by atoms with Crippen molar-refractivity contribution in [2.24, 2.45) is 0 Å². The van der Waals surface area contributed by atoms with Crippen LogP contribution >= 0.6 is 0 Å². The van der Waals surface area contributed by atoms with Gasteiger partial charge in [0.2, 0.25) is 0 Å². The normalized spacial score (nSPS) is 10.3. The third-order valence-corrected chi connectivity index (χ3v) is 8.07. The molecule has 0 atom stereocenters. The quantitative estimate of drug-likeness (QED) is 0.185. The minimum atomic E-state index is -1.08. The third-order valence-electron chi connectivity index (χ3n) is 4.04. The van der Waals surface area contributed by atoms with Crippen LogP contribution in [0.3, 0.4) is 0 Å². The van der Waals surface area contributed by atoms with Crippen LogP contribution in [0.5, 0.6) is 0 Å². The van der Waals surface area contributed by atoms with Gasteiger partial charge in [0.05, 0.1) is 0 Å². The molecular formula is C26H32F2O4Sn. The van der Waals surface area contributed by atoms with Crippen molar-refractivity contribution in [3.8, 4) is 0 Å². The van der Waals surface area contributed by atoms with Gasteiger partial charge in [0.25, 0.3) is 0 Å². The predicted octanol–water partition coefficient (Wildman–Crippen LogP) is 6.97. The molecule has 0 aliphatic rings. The Morgan fingerprint density at radius 1 is 0.758 bits per heavy atom. The summed E-state index contributed by atoms with van der Waals surface area (Å²) < 4.78 is 28.8. The summed E-state index contributed by atoms with van der Waals surface area (Å²) in [6, 6.07) is 12.0. The number of carbonyl (C=O) groups is 2. The molecule has 178 valence electrons.